The average Bonchev–Trinajstić information content (AvgIpc) is 3.36. The molecule has 0 aliphatic carbocycles. The number of piperazine rings is 1. The van der Waals surface area contributed by atoms with E-state index in [0.29, 0.717) is 24.7 Å². The molecule has 0 spiro atoms. The minimum atomic E-state index is -1.82. The number of hydrogen-bond donors (Lipinski definition) is 3. The summed E-state index contributed by atoms with van der Waals surface area (Å²) in [6.07, 6.45) is 0. The Morgan fingerprint density at radius 1 is 1.10 bits per heavy atom. The van der Waals surface area contributed by atoms with Gasteiger partial charge in [-0.2, -0.15) is 0 Å². The van der Waals surface area contributed by atoms with Crippen LogP contribution in [0.25, 0.3) is 0 Å². The topological polar surface area (TPSA) is 153 Å². The zero-order chi connectivity index (χ0) is 22.1. The van der Waals surface area contributed by atoms with E-state index in [2.05, 4.69) is 20.3 Å². The van der Waals surface area contributed by atoms with Crippen molar-refractivity contribution in [3.63, 3.8) is 0 Å². The molecule has 2 aromatic rings. The monoisotopic (exact) mass is 438 g/mol. The Balaban J connectivity index is 0.000000469. The molecule has 1 aliphatic heterocycles. The number of anilines is 1. The van der Waals surface area contributed by atoms with Crippen LogP contribution in [0.4, 0.5) is 5.82 Å². The van der Waals surface area contributed by atoms with Gasteiger partial charge in [-0.25, -0.2) is 9.59 Å². The Morgan fingerprint density at radius 2 is 1.70 bits per heavy atom. The summed E-state index contributed by atoms with van der Waals surface area (Å²) >= 11 is 1.48. The fourth-order valence-electron chi connectivity index (χ4n) is 2.63. The first-order valence-corrected chi connectivity index (χ1v) is 9.83. The van der Waals surface area contributed by atoms with Crippen molar-refractivity contribution in [3.05, 3.63) is 34.2 Å². The second-order valence-electron chi connectivity index (χ2n) is 6.43. The van der Waals surface area contributed by atoms with Gasteiger partial charge in [-0.05, 0) is 18.4 Å². The highest BCUT2D eigenvalue weighted by Crippen LogP contribution is 2.11. The first kappa shape index (κ1) is 23.2. The number of nitrogens with zero attached hydrogens (tertiary/aromatic N) is 3. The molecule has 1 amide bonds. The maximum Gasteiger partial charge on any atom is 0.414 e. The molecule has 0 saturated carbocycles. The van der Waals surface area contributed by atoms with Crippen LogP contribution in [0.5, 0.6) is 0 Å². The minimum absolute atomic E-state index is 0.105. The maximum absolute atomic E-state index is 12.1. The lowest BCUT2D eigenvalue weighted by Gasteiger charge is -2.33. The standard InChI is InChI=1S/C16H20N4O3S.C2H2O4/c1-12-9-15(18-23-12)17-16(22)11-20-6-4-19(5-7-20)10-13(21)14-3-2-8-24-14;3-1(4)2(5)6/h2-3,8-9H,4-7,10-11H2,1H3,(H,17,18,22);(H,3,4)(H,5,6). The lowest BCUT2D eigenvalue weighted by Crippen LogP contribution is -2.49. The maximum atomic E-state index is 12.1. The Bertz CT molecular complexity index is 861. The summed E-state index contributed by atoms with van der Waals surface area (Å²) in [6.45, 7) is 5.64. The van der Waals surface area contributed by atoms with E-state index in [0.717, 1.165) is 31.1 Å². The van der Waals surface area contributed by atoms with Gasteiger partial charge in [-0.3, -0.25) is 19.4 Å². The first-order chi connectivity index (χ1) is 14.2. The number of aryl methyl sites for hydroxylation is 1. The number of rotatable bonds is 6. The minimum Gasteiger partial charge on any atom is -0.473 e. The molecule has 0 atom stereocenters. The number of nitrogens with one attached hydrogen (secondary N) is 1. The molecule has 11 nitrogen and oxygen atoms in total. The summed E-state index contributed by atoms with van der Waals surface area (Å²) in [5, 5.41) is 23.2. The van der Waals surface area contributed by atoms with E-state index in [1.54, 1.807) is 13.0 Å². The lowest BCUT2D eigenvalue weighted by molar-refractivity contribution is -0.159. The second-order valence-corrected chi connectivity index (χ2v) is 7.38. The predicted molar refractivity (Wildman–Crippen MR) is 107 cm³/mol. The molecule has 30 heavy (non-hydrogen) atoms. The van der Waals surface area contributed by atoms with Crippen LogP contribution >= 0.6 is 11.3 Å². The number of ketones is 1. The van der Waals surface area contributed by atoms with E-state index < -0.39 is 11.9 Å². The molecule has 12 heteroatoms. The van der Waals surface area contributed by atoms with Crippen molar-refractivity contribution in [3.8, 4) is 0 Å². The highest BCUT2D eigenvalue weighted by Gasteiger charge is 2.21. The molecule has 0 aromatic carbocycles. The molecule has 2 aromatic heterocycles. The molecule has 1 saturated heterocycles. The van der Waals surface area contributed by atoms with Crippen LogP contribution < -0.4 is 5.32 Å². The number of aromatic nitrogens is 1. The normalized spacial score (nSPS) is 14.4. The smallest absolute Gasteiger partial charge is 0.414 e. The molecule has 1 aliphatic rings. The molecule has 3 heterocycles. The van der Waals surface area contributed by atoms with E-state index in [4.69, 9.17) is 24.3 Å². The van der Waals surface area contributed by atoms with Crippen molar-refractivity contribution in [2.45, 2.75) is 6.92 Å². The summed E-state index contributed by atoms with van der Waals surface area (Å²) in [4.78, 5) is 47.3. The van der Waals surface area contributed by atoms with Gasteiger partial charge >= 0.3 is 11.9 Å². The van der Waals surface area contributed by atoms with Gasteiger partial charge in [0.2, 0.25) is 5.91 Å². The second kappa shape index (κ2) is 11.2. The number of thiophene rings is 1. The average molecular weight is 438 g/mol. The Morgan fingerprint density at radius 3 is 2.17 bits per heavy atom. The lowest BCUT2D eigenvalue weighted by atomic mass is 10.2. The fourth-order valence-corrected chi connectivity index (χ4v) is 3.29. The van der Waals surface area contributed by atoms with Crippen molar-refractivity contribution in [2.75, 3.05) is 44.6 Å². The summed E-state index contributed by atoms with van der Waals surface area (Å²) in [5.41, 5.74) is 0. The molecular formula is C18H22N4O7S. The third kappa shape index (κ3) is 7.73. The zero-order valence-electron chi connectivity index (χ0n) is 16.2. The third-order valence-electron chi connectivity index (χ3n) is 4.07. The molecular weight excluding hydrogens is 416 g/mol. The van der Waals surface area contributed by atoms with Crippen LogP contribution in [0.15, 0.2) is 28.1 Å². The Labute approximate surface area is 175 Å². The number of carbonyl (C=O) groups is 4. The summed E-state index contributed by atoms with van der Waals surface area (Å²) in [5.74, 6) is -2.49. The molecule has 0 bridgehead atoms. The third-order valence-corrected chi connectivity index (χ3v) is 4.98. The van der Waals surface area contributed by atoms with E-state index >= 15 is 0 Å². The van der Waals surface area contributed by atoms with Gasteiger partial charge in [0.25, 0.3) is 0 Å². The number of carbonyl (C=O) groups excluding carboxylic acids is 2. The van der Waals surface area contributed by atoms with Gasteiger partial charge in [-0.15, -0.1) is 11.3 Å². The molecule has 3 N–H and O–H groups in total. The number of carboxylic acids is 2. The van der Waals surface area contributed by atoms with Crippen molar-refractivity contribution in [1.82, 2.24) is 15.0 Å². The number of hydrogen-bond acceptors (Lipinski definition) is 9. The van der Waals surface area contributed by atoms with Crippen LogP contribution in [0.2, 0.25) is 0 Å². The van der Waals surface area contributed by atoms with Crippen LogP contribution in [0.1, 0.15) is 15.4 Å². The number of Topliss-reactive ketones (excluding diaryl/α,β-unsaturated/α-hetero) is 1. The van der Waals surface area contributed by atoms with Gasteiger partial charge in [0.1, 0.15) is 5.76 Å². The Hall–Kier alpha value is -3.09. The molecule has 3 rings (SSSR count). The van der Waals surface area contributed by atoms with Gasteiger partial charge in [0.15, 0.2) is 11.6 Å². The van der Waals surface area contributed by atoms with Gasteiger partial charge in [0, 0.05) is 32.2 Å². The summed E-state index contributed by atoms with van der Waals surface area (Å²) in [7, 11) is 0. The van der Waals surface area contributed by atoms with Crippen LogP contribution in [0.3, 0.4) is 0 Å². The zero-order valence-corrected chi connectivity index (χ0v) is 17.1. The van der Waals surface area contributed by atoms with Gasteiger partial charge in [-0.1, -0.05) is 11.2 Å². The van der Waals surface area contributed by atoms with Crippen molar-refractivity contribution in [1.29, 1.82) is 0 Å². The summed E-state index contributed by atoms with van der Waals surface area (Å²) < 4.78 is 4.92. The van der Waals surface area contributed by atoms with Gasteiger partial charge in [0.05, 0.1) is 18.0 Å². The number of aliphatic carboxylic acids is 2. The first-order valence-electron chi connectivity index (χ1n) is 8.95. The molecule has 0 unspecified atom stereocenters. The van der Waals surface area contributed by atoms with Crippen molar-refractivity contribution in [2.24, 2.45) is 0 Å². The largest absolute Gasteiger partial charge is 0.473 e. The molecule has 1 fully saturated rings. The quantitative estimate of drug-likeness (QED) is 0.432. The summed E-state index contributed by atoms with van der Waals surface area (Å²) in [6, 6.07) is 5.44. The molecule has 162 valence electrons. The van der Waals surface area contributed by atoms with Gasteiger partial charge < -0.3 is 20.1 Å². The predicted octanol–water partition coefficient (Wildman–Crippen LogP) is 0.639. The van der Waals surface area contributed by atoms with Crippen LogP contribution in [-0.4, -0.2) is 88.1 Å². The van der Waals surface area contributed by atoms with Crippen molar-refractivity contribution >= 4 is 40.8 Å². The fraction of sp³-hybridized carbons (Fsp3) is 0.389. The van der Waals surface area contributed by atoms with E-state index in [9.17, 15) is 9.59 Å². The number of carboxylic acid groups (broad SMARTS) is 2. The van der Waals surface area contributed by atoms with E-state index in [1.807, 2.05) is 17.5 Å². The highest BCUT2D eigenvalue weighted by atomic mass is 32.1. The highest BCUT2D eigenvalue weighted by molar-refractivity contribution is 7.12. The molecule has 0 radical (unpaired) electrons. The van der Waals surface area contributed by atoms with E-state index in [1.165, 1.54) is 11.3 Å². The van der Waals surface area contributed by atoms with E-state index in [-0.39, 0.29) is 11.7 Å². The van der Waals surface area contributed by atoms with Crippen LogP contribution in [-0.2, 0) is 14.4 Å². The van der Waals surface area contributed by atoms with Crippen molar-refractivity contribution < 1.29 is 33.9 Å². The SMILES string of the molecule is Cc1cc(NC(=O)CN2CCN(CC(=O)c3cccs3)CC2)no1.O=C(O)C(=O)O. The number of amides is 1. The van der Waals surface area contributed by atoms with Crippen LogP contribution in [0, 0.1) is 6.92 Å². The Kier molecular flexibility index (Phi) is 8.65.